The van der Waals surface area contributed by atoms with Gasteiger partial charge in [0.2, 0.25) is 0 Å². The van der Waals surface area contributed by atoms with Crippen molar-refractivity contribution in [2.45, 2.75) is 17.7 Å². The molecule has 0 saturated carbocycles. The normalized spacial score (nSPS) is 10.8. The predicted molar refractivity (Wildman–Crippen MR) is 104 cm³/mol. The number of nitro benzene ring substituents is 1. The van der Waals surface area contributed by atoms with Crippen molar-refractivity contribution in [3.05, 3.63) is 64.2 Å². The summed E-state index contributed by atoms with van der Waals surface area (Å²) in [5.41, 5.74) is 0.159. The van der Waals surface area contributed by atoms with E-state index in [1.54, 1.807) is 0 Å². The lowest BCUT2D eigenvalue weighted by Crippen LogP contribution is -2.25. The van der Waals surface area contributed by atoms with Gasteiger partial charge in [-0.1, -0.05) is 6.07 Å². The van der Waals surface area contributed by atoms with E-state index in [1.807, 2.05) is 0 Å². The number of nitrogens with one attached hydrogen (secondary N) is 2. The Bertz CT molecular complexity index is 1000. The molecule has 0 fully saturated rings. The van der Waals surface area contributed by atoms with E-state index >= 15 is 0 Å². The van der Waals surface area contributed by atoms with Crippen molar-refractivity contribution in [3.63, 3.8) is 0 Å². The number of anilines is 1. The number of hydrogen-bond acceptors (Lipinski definition) is 7. The maximum Gasteiger partial charge on any atom is 0.305 e. The molecule has 10 nitrogen and oxygen atoms in total. The van der Waals surface area contributed by atoms with Crippen molar-refractivity contribution in [2.24, 2.45) is 0 Å². The van der Waals surface area contributed by atoms with Crippen LogP contribution in [0.4, 0.5) is 11.4 Å². The van der Waals surface area contributed by atoms with Crippen LogP contribution in [0.15, 0.2) is 53.4 Å². The molecule has 0 atom stereocenters. The molecule has 0 radical (unpaired) electrons. The molecule has 154 valence electrons. The first-order chi connectivity index (χ1) is 13.7. The van der Waals surface area contributed by atoms with Crippen LogP contribution in [-0.2, 0) is 19.6 Å². The number of nitrogens with zero attached hydrogens (tertiary/aromatic N) is 1. The zero-order valence-corrected chi connectivity index (χ0v) is 16.3. The van der Waals surface area contributed by atoms with Crippen LogP contribution in [0.3, 0.4) is 0 Å². The van der Waals surface area contributed by atoms with Gasteiger partial charge in [0.15, 0.2) is 0 Å². The van der Waals surface area contributed by atoms with Crippen LogP contribution in [-0.4, -0.2) is 38.9 Å². The predicted octanol–water partition coefficient (Wildman–Crippen LogP) is 2.08. The number of carbonyl (C=O) groups excluding carboxylic acids is 2. The highest BCUT2D eigenvalue weighted by atomic mass is 32.2. The van der Waals surface area contributed by atoms with Crippen molar-refractivity contribution in [1.82, 2.24) is 5.32 Å². The number of amides is 1. The first kappa shape index (κ1) is 21.8. The third-order valence-corrected chi connectivity index (χ3v) is 5.19. The van der Waals surface area contributed by atoms with Gasteiger partial charge in [-0.25, -0.2) is 8.42 Å². The molecule has 2 rings (SSSR count). The number of hydrogen-bond donors (Lipinski definition) is 2. The number of sulfonamides is 1. The number of esters is 1. The third-order valence-electron chi connectivity index (χ3n) is 3.81. The number of carbonyl (C=O) groups is 2. The number of rotatable bonds is 9. The Hall–Kier alpha value is -3.47. The monoisotopic (exact) mass is 421 g/mol. The third kappa shape index (κ3) is 6.28. The van der Waals surface area contributed by atoms with Gasteiger partial charge in [-0.15, -0.1) is 0 Å². The molecule has 29 heavy (non-hydrogen) atoms. The van der Waals surface area contributed by atoms with Gasteiger partial charge in [0.1, 0.15) is 0 Å². The maximum absolute atomic E-state index is 12.4. The van der Waals surface area contributed by atoms with Crippen molar-refractivity contribution in [2.75, 3.05) is 18.4 Å². The number of non-ortho nitro benzene ring substituents is 1. The Labute approximate surface area is 167 Å². The molecule has 0 spiro atoms. The molecular weight excluding hydrogens is 402 g/mol. The quantitative estimate of drug-likeness (QED) is 0.273. The Balaban J connectivity index is 1.99. The summed E-state index contributed by atoms with van der Waals surface area (Å²) in [6.07, 6.45) is 0.620. The molecule has 1 amide bonds. The number of methoxy groups -OCH3 is 1. The van der Waals surface area contributed by atoms with Crippen molar-refractivity contribution in [1.29, 1.82) is 0 Å². The summed E-state index contributed by atoms with van der Waals surface area (Å²) in [4.78, 5) is 32.9. The van der Waals surface area contributed by atoms with Crippen molar-refractivity contribution < 1.29 is 27.7 Å². The number of benzene rings is 2. The zero-order valence-electron chi connectivity index (χ0n) is 15.5. The lowest BCUT2D eigenvalue weighted by atomic mass is 10.2. The lowest BCUT2D eigenvalue weighted by molar-refractivity contribution is -0.385. The van der Waals surface area contributed by atoms with Crippen LogP contribution < -0.4 is 10.0 Å². The first-order valence-corrected chi connectivity index (χ1v) is 9.93. The summed E-state index contributed by atoms with van der Waals surface area (Å²) in [6.45, 7) is 0.287. The largest absolute Gasteiger partial charge is 0.469 e. The minimum absolute atomic E-state index is 0.190. The van der Waals surface area contributed by atoms with Crippen molar-refractivity contribution in [3.8, 4) is 0 Å². The SMILES string of the molecule is COC(=O)CCCNC(=O)c1ccc(NS(=O)(=O)c2cccc([N+](=O)[O-])c2)cc1. The molecule has 0 heterocycles. The van der Waals surface area contributed by atoms with E-state index in [-0.39, 0.29) is 41.1 Å². The highest BCUT2D eigenvalue weighted by Gasteiger charge is 2.18. The molecule has 0 aliphatic heterocycles. The van der Waals surface area contributed by atoms with Crippen LogP contribution in [0.25, 0.3) is 0 Å². The smallest absolute Gasteiger partial charge is 0.305 e. The van der Waals surface area contributed by atoms with Crippen molar-refractivity contribution >= 4 is 33.3 Å². The fourth-order valence-electron chi connectivity index (χ4n) is 2.31. The Morgan fingerprint density at radius 2 is 1.83 bits per heavy atom. The fourth-order valence-corrected chi connectivity index (χ4v) is 3.40. The summed E-state index contributed by atoms with van der Waals surface area (Å²) in [5.74, 6) is -0.734. The van der Waals surface area contributed by atoms with Gasteiger partial charge in [-0.05, 0) is 36.8 Å². The Morgan fingerprint density at radius 3 is 2.45 bits per heavy atom. The van der Waals surface area contributed by atoms with E-state index in [2.05, 4.69) is 14.8 Å². The highest BCUT2D eigenvalue weighted by Crippen LogP contribution is 2.20. The first-order valence-electron chi connectivity index (χ1n) is 8.45. The standard InChI is InChI=1S/C18H19N3O7S/c1-28-17(22)6-3-11-19-18(23)13-7-9-14(10-8-13)20-29(26,27)16-5-2-4-15(12-16)21(24)25/h2,4-5,7-10,12,20H,3,6,11H2,1H3,(H,19,23). The summed E-state index contributed by atoms with van der Waals surface area (Å²) < 4.78 is 31.6. The van der Waals surface area contributed by atoms with E-state index in [4.69, 9.17) is 0 Å². The van der Waals surface area contributed by atoms with Crippen LogP contribution in [0.2, 0.25) is 0 Å². The fraction of sp³-hybridized carbons (Fsp3) is 0.222. The summed E-state index contributed by atoms with van der Waals surface area (Å²) >= 11 is 0. The van der Waals surface area contributed by atoms with E-state index < -0.39 is 14.9 Å². The topological polar surface area (TPSA) is 145 Å². The lowest BCUT2D eigenvalue weighted by Gasteiger charge is -2.09. The summed E-state index contributed by atoms with van der Waals surface area (Å²) in [7, 11) is -2.74. The minimum atomic E-state index is -4.03. The molecule has 0 unspecified atom stereocenters. The molecule has 0 aliphatic rings. The second-order valence-electron chi connectivity index (χ2n) is 5.87. The summed E-state index contributed by atoms with van der Waals surface area (Å²) in [6, 6.07) is 10.3. The van der Waals surface area contributed by atoms with Crippen LogP contribution in [0.1, 0.15) is 23.2 Å². The van der Waals surface area contributed by atoms with E-state index in [1.165, 1.54) is 49.6 Å². The van der Waals surface area contributed by atoms with Gasteiger partial charge < -0.3 is 10.1 Å². The van der Waals surface area contributed by atoms with Crippen LogP contribution >= 0.6 is 0 Å². The minimum Gasteiger partial charge on any atom is -0.469 e. The van der Waals surface area contributed by atoms with E-state index in [0.29, 0.717) is 12.0 Å². The van der Waals surface area contributed by atoms with Gasteiger partial charge in [0.25, 0.3) is 21.6 Å². The van der Waals surface area contributed by atoms with Gasteiger partial charge in [0.05, 0.1) is 16.9 Å². The van der Waals surface area contributed by atoms with Gasteiger partial charge in [-0.2, -0.15) is 0 Å². The average Bonchev–Trinajstić information content (AvgIpc) is 2.71. The van der Waals surface area contributed by atoms with Gasteiger partial charge >= 0.3 is 5.97 Å². The molecule has 0 aromatic heterocycles. The number of nitro groups is 1. The molecule has 0 aliphatic carbocycles. The van der Waals surface area contributed by atoms with E-state index in [0.717, 1.165) is 6.07 Å². The Morgan fingerprint density at radius 1 is 1.14 bits per heavy atom. The van der Waals surface area contributed by atoms with Gasteiger partial charge in [0, 0.05) is 36.3 Å². The second kappa shape index (κ2) is 9.64. The Kier molecular flexibility index (Phi) is 7.26. The molecule has 11 heteroatoms. The highest BCUT2D eigenvalue weighted by molar-refractivity contribution is 7.92. The summed E-state index contributed by atoms with van der Waals surface area (Å²) in [5, 5.41) is 13.5. The molecule has 2 aromatic rings. The second-order valence-corrected chi connectivity index (χ2v) is 7.56. The molecular formula is C18H19N3O7S. The molecule has 0 saturated heterocycles. The average molecular weight is 421 g/mol. The molecule has 2 N–H and O–H groups in total. The van der Waals surface area contributed by atoms with E-state index in [9.17, 15) is 28.1 Å². The van der Waals surface area contributed by atoms with Gasteiger partial charge in [-0.3, -0.25) is 24.4 Å². The maximum atomic E-state index is 12.4. The zero-order chi connectivity index (χ0) is 21.4. The van der Waals surface area contributed by atoms with Crippen LogP contribution in [0.5, 0.6) is 0 Å². The molecule has 2 aromatic carbocycles. The molecule has 0 bridgehead atoms. The van der Waals surface area contributed by atoms with Crippen LogP contribution in [0, 0.1) is 10.1 Å². The number of ether oxygens (including phenoxy) is 1.